The molecule has 0 aromatic carbocycles. The van der Waals surface area contributed by atoms with Gasteiger partial charge in [-0.3, -0.25) is 0 Å². The molecule has 4 heteroatoms. The summed E-state index contributed by atoms with van der Waals surface area (Å²) in [5.74, 6) is 1.32. The Bertz CT molecular complexity index is 223. The van der Waals surface area contributed by atoms with Crippen molar-refractivity contribution in [3.05, 3.63) is 0 Å². The first-order valence-electron chi connectivity index (χ1n) is 4.40. The molecule has 1 aliphatic rings. The Kier molecular flexibility index (Phi) is 4.03. The van der Waals surface area contributed by atoms with E-state index in [0.29, 0.717) is 17.4 Å². The summed E-state index contributed by atoms with van der Waals surface area (Å²) in [4.78, 5) is 0. The molecule has 0 radical (unpaired) electrons. The Morgan fingerprint density at radius 2 is 2.08 bits per heavy atom. The predicted octanol–water partition coefficient (Wildman–Crippen LogP) is 1.99. The van der Waals surface area contributed by atoms with Crippen LogP contribution in [0.15, 0.2) is 0 Å². The molecule has 1 fully saturated rings. The van der Waals surface area contributed by atoms with Crippen molar-refractivity contribution in [1.29, 1.82) is 0 Å². The maximum absolute atomic E-state index is 11.1. The van der Waals surface area contributed by atoms with E-state index in [1.165, 1.54) is 0 Å². The van der Waals surface area contributed by atoms with Crippen molar-refractivity contribution in [1.82, 2.24) is 0 Å². The molecule has 0 aromatic rings. The zero-order valence-corrected chi connectivity index (χ0v) is 9.53. The molecule has 0 saturated carbocycles. The molecule has 2 nitrogen and oxygen atoms in total. The minimum absolute atomic E-state index is 0.423. The van der Waals surface area contributed by atoms with Gasteiger partial charge in [-0.25, -0.2) is 8.42 Å². The van der Waals surface area contributed by atoms with Gasteiger partial charge in [-0.2, -0.15) is 0 Å². The third-order valence-corrected chi connectivity index (χ3v) is 4.72. The molecule has 0 amide bonds. The first-order valence-corrected chi connectivity index (χ1v) is 7.35. The van der Waals surface area contributed by atoms with Gasteiger partial charge in [-0.1, -0.05) is 22.4 Å². The highest BCUT2D eigenvalue weighted by Crippen LogP contribution is 2.23. The first-order chi connectivity index (χ1) is 5.64. The average Bonchev–Trinajstić information content (AvgIpc) is 2.31. The van der Waals surface area contributed by atoms with E-state index in [4.69, 9.17) is 0 Å². The molecule has 0 spiro atoms. The second-order valence-corrected chi connectivity index (χ2v) is 6.48. The third-order valence-electron chi connectivity index (χ3n) is 2.32. The van der Waals surface area contributed by atoms with Gasteiger partial charge in [0.25, 0.3) is 0 Å². The van der Waals surface area contributed by atoms with Gasteiger partial charge in [0.2, 0.25) is 0 Å². The summed E-state index contributed by atoms with van der Waals surface area (Å²) in [6, 6.07) is 0. The summed E-state index contributed by atoms with van der Waals surface area (Å²) >= 11 is 3.36. The first kappa shape index (κ1) is 10.5. The Balaban J connectivity index is 2.20. The van der Waals surface area contributed by atoms with Crippen LogP contribution in [0.2, 0.25) is 0 Å². The smallest absolute Gasteiger partial charge is 0.150 e. The Morgan fingerprint density at radius 3 is 2.58 bits per heavy atom. The summed E-state index contributed by atoms with van der Waals surface area (Å²) in [6.07, 6.45) is 4.30. The molecule has 0 N–H and O–H groups in total. The number of sulfone groups is 1. The van der Waals surface area contributed by atoms with Crippen LogP contribution in [0.25, 0.3) is 0 Å². The fourth-order valence-electron chi connectivity index (χ4n) is 1.63. The van der Waals surface area contributed by atoms with Crippen molar-refractivity contribution in [3.63, 3.8) is 0 Å². The van der Waals surface area contributed by atoms with Crippen LogP contribution in [-0.2, 0) is 9.84 Å². The van der Waals surface area contributed by atoms with Gasteiger partial charge in [0, 0.05) is 5.33 Å². The molecule has 1 rings (SSSR count). The van der Waals surface area contributed by atoms with Crippen LogP contribution in [0.1, 0.15) is 25.7 Å². The minimum atomic E-state index is -2.64. The lowest BCUT2D eigenvalue weighted by Crippen LogP contribution is -2.04. The van der Waals surface area contributed by atoms with Gasteiger partial charge in [0.05, 0.1) is 11.5 Å². The van der Waals surface area contributed by atoms with Gasteiger partial charge < -0.3 is 0 Å². The number of alkyl halides is 1. The van der Waals surface area contributed by atoms with Gasteiger partial charge in [0.15, 0.2) is 9.84 Å². The van der Waals surface area contributed by atoms with Gasteiger partial charge >= 0.3 is 0 Å². The normalized spacial score (nSPS) is 27.6. The van der Waals surface area contributed by atoms with E-state index in [1.54, 1.807) is 0 Å². The Hall–Kier alpha value is 0.430. The van der Waals surface area contributed by atoms with Crippen molar-refractivity contribution >= 4 is 25.8 Å². The lowest BCUT2D eigenvalue weighted by Gasteiger charge is -2.04. The number of halogens is 1. The SMILES string of the molecule is O=S1(=O)CCC(CCCCBr)C1. The van der Waals surface area contributed by atoms with E-state index in [1.807, 2.05) is 0 Å². The molecular weight excluding hydrogens is 240 g/mol. The van der Waals surface area contributed by atoms with E-state index >= 15 is 0 Å². The van der Waals surface area contributed by atoms with E-state index in [0.717, 1.165) is 31.0 Å². The van der Waals surface area contributed by atoms with E-state index < -0.39 is 9.84 Å². The molecule has 1 heterocycles. The fraction of sp³-hybridized carbons (Fsp3) is 1.00. The maximum Gasteiger partial charge on any atom is 0.150 e. The van der Waals surface area contributed by atoms with Crippen LogP contribution in [0.4, 0.5) is 0 Å². The largest absolute Gasteiger partial charge is 0.229 e. The van der Waals surface area contributed by atoms with Gasteiger partial charge in [-0.05, 0) is 25.2 Å². The lowest BCUT2D eigenvalue weighted by atomic mass is 10.0. The van der Waals surface area contributed by atoms with Crippen LogP contribution >= 0.6 is 15.9 Å². The van der Waals surface area contributed by atoms with Crippen LogP contribution < -0.4 is 0 Å². The third kappa shape index (κ3) is 3.44. The summed E-state index contributed by atoms with van der Waals surface area (Å²) in [7, 11) is -2.64. The molecule has 1 saturated heterocycles. The highest BCUT2D eigenvalue weighted by atomic mass is 79.9. The standard InChI is InChI=1S/C8H15BrO2S/c9-5-2-1-3-8-4-6-12(10,11)7-8/h8H,1-7H2. The molecule has 0 aliphatic carbocycles. The van der Waals surface area contributed by atoms with Crippen molar-refractivity contribution in [2.45, 2.75) is 25.7 Å². The summed E-state index contributed by atoms with van der Waals surface area (Å²) in [5, 5.41) is 1.03. The molecule has 0 aromatic heterocycles. The fourth-order valence-corrected chi connectivity index (χ4v) is 3.93. The van der Waals surface area contributed by atoms with Crippen LogP contribution in [0, 0.1) is 5.92 Å². The summed E-state index contributed by atoms with van der Waals surface area (Å²) in [5.41, 5.74) is 0. The number of hydrogen-bond donors (Lipinski definition) is 0. The highest BCUT2D eigenvalue weighted by molar-refractivity contribution is 9.09. The number of rotatable bonds is 4. The molecule has 0 bridgehead atoms. The van der Waals surface area contributed by atoms with Gasteiger partial charge in [-0.15, -0.1) is 0 Å². The van der Waals surface area contributed by atoms with Crippen LogP contribution in [0.5, 0.6) is 0 Å². The van der Waals surface area contributed by atoms with E-state index in [-0.39, 0.29) is 0 Å². The highest BCUT2D eigenvalue weighted by Gasteiger charge is 2.26. The average molecular weight is 255 g/mol. The predicted molar refractivity (Wildman–Crippen MR) is 54.4 cm³/mol. The summed E-state index contributed by atoms with van der Waals surface area (Å²) < 4.78 is 22.1. The zero-order valence-electron chi connectivity index (χ0n) is 7.13. The van der Waals surface area contributed by atoms with Crippen molar-refractivity contribution < 1.29 is 8.42 Å². The second-order valence-electron chi connectivity index (χ2n) is 3.45. The molecule has 72 valence electrons. The maximum atomic E-state index is 11.1. The molecule has 12 heavy (non-hydrogen) atoms. The molecule has 1 unspecified atom stereocenters. The Morgan fingerprint density at radius 1 is 1.33 bits per heavy atom. The zero-order chi connectivity index (χ0) is 9.03. The van der Waals surface area contributed by atoms with Crippen molar-refractivity contribution in [2.24, 2.45) is 5.92 Å². The van der Waals surface area contributed by atoms with E-state index in [9.17, 15) is 8.42 Å². The topological polar surface area (TPSA) is 34.1 Å². The monoisotopic (exact) mass is 254 g/mol. The van der Waals surface area contributed by atoms with Crippen molar-refractivity contribution in [2.75, 3.05) is 16.8 Å². The van der Waals surface area contributed by atoms with Crippen molar-refractivity contribution in [3.8, 4) is 0 Å². The number of unbranched alkanes of at least 4 members (excludes halogenated alkanes) is 1. The van der Waals surface area contributed by atoms with Crippen LogP contribution in [-0.4, -0.2) is 25.3 Å². The van der Waals surface area contributed by atoms with E-state index in [2.05, 4.69) is 15.9 Å². The van der Waals surface area contributed by atoms with Gasteiger partial charge in [0.1, 0.15) is 0 Å². The second kappa shape index (κ2) is 4.61. The van der Waals surface area contributed by atoms with Crippen LogP contribution in [0.3, 0.4) is 0 Å². The number of hydrogen-bond acceptors (Lipinski definition) is 2. The summed E-state index contributed by atoms with van der Waals surface area (Å²) in [6.45, 7) is 0. The molecular formula is C8H15BrO2S. The molecule has 1 atom stereocenters. The minimum Gasteiger partial charge on any atom is -0.229 e. The Labute approximate surface area is 82.8 Å². The quantitative estimate of drug-likeness (QED) is 0.568. The lowest BCUT2D eigenvalue weighted by molar-refractivity contribution is 0.516. The molecule has 1 aliphatic heterocycles.